The van der Waals surface area contributed by atoms with Crippen LogP contribution in [0.2, 0.25) is 5.02 Å². The van der Waals surface area contributed by atoms with Gasteiger partial charge in [-0.3, -0.25) is 4.98 Å². The van der Waals surface area contributed by atoms with Gasteiger partial charge in [-0.25, -0.2) is 9.97 Å². The number of nitrogens with zero attached hydrogens (tertiary/aromatic N) is 6. The first-order valence-electron chi connectivity index (χ1n) is 9.33. The van der Waals surface area contributed by atoms with Crippen molar-refractivity contribution >= 4 is 55.6 Å². The monoisotopic (exact) mass is 420 g/mol. The highest BCUT2D eigenvalue weighted by atomic mass is 35.5. The summed E-state index contributed by atoms with van der Waals surface area (Å²) in [7, 11) is 0. The summed E-state index contributed by atoms with van der Waals surface area (Å²) in [6, 6.07) is 10.1. The van der Waals surface area contributed by atoms with E-state index < -0.39 is 0 Å². The summed E-state index contributed by atoms with van der Waals surface area (Å²) in [5, 5.41) is 12.3. The van der Waals surface area contributed by atoms with Crippen LogP contribution in [-0.2, 0) is 0 Å². The van der Waals surface area contributed by atoms with E-state index in [0.29, 0.717) is 10.6 Å². The third-order valence-electron chi connectivity index (χ3n) is 5.25. The van der Waals surface area contributed by atoms with E-state index in [2.05, 4.69) is 43.8 Å². The Morgan fingerprint density at radius 2 is 1.83 bits per heavy atom. The van der Waals surface area contributed by atoms with Crippen LogP contribution in [0.3, 0.4) is 0 Å². The molecule has 1 aliphatic rings. The topological polar surface area (TPSA) is 68.9 Å². The molecule has 0 bridgehead atoms. The van der Waals surface area contributed by atoms with Crippen LogP contribution < -0.4 is 9.80 Å². The van der Waals surface area contributed by atoms with Gasteiger partial charge in [-0.05, 0) is 31.2 Å². The second kappa shape index (κ2) is 7.14. The lowest BCUT2D eigenvalue weighted by Gasteiger charge is -2.37. The Morgan fingerprint density at radius 3 is 2.62 bits per heavy atom. The number of nitriles is 1. The molecule has 144 valence electrons. The molecule has 0 N–H and O–H groups in total. The largest absolute Gasteiger partial charge is 0.366 e. The van der Waals surface area contributed by atoms with Gasteiger partial charge in [-0.15, -0.1) is 11.3 Å². The SMILES string of the molecule is Cc1cc2c(N3CCN(c4c(C#N)cnc5ccc(Cl)cc45)CC3)ncnc2s1. The zero-order chi connectivity index (χ0) is 20.0. The van der Waals surface area contributed by atoms with Gasteiger partial charge in [0.1, 0.15) is 23.0 Å². The standard InChI is InChI=1S/C21H17ClN6S/c1-13-8-17-20(25-12-26-21(17)29-13)28-6-4-27(5-7-28)19-14(10-23)11-24-18-3-2-15(22)9-16(18)19/h2-3,8-9,11-12H,4-7H2,1H3. The van der Waals surface area contributed by atoms with Gasteiger partial charge in [0.25, 0.3) is 0 Å². The number of rotatable bonds is 2. The molecule has 0 saturated carbocycles. The van der Waals surface area contributed by atoms with Crippen LogP contribution in [0.25, 0.3) is 21.1 Å². The van der Waals surface area contributed by atoms with Crippen molar-refractivity contribution in [1.82, 2.24) is 15.0 Å². The zero-order valence-electron chi connectivity index (χ0n) is 15.8. The predicted molar refractivity (Wildman–Crippen MR) is 118 cm³/mol. The van der Waals surface area contributed by atoms with Crippen LogP contribution in [0.4, 0.5) is 11.5 Å². The van der Waals surface area contributed by atoms with Gasteiger partial charge in [0.05, 0.1) is 22.2 Å². The van der Waals surface area contributed by atoms with E-state index in [-0.39, 0.29) is 0 Å². The smallest absolute Gasteiger partial charge is 0.140 e. The summed E-state index contributed by atoms with van der Waals surface area (Å²) in [4.78, 5) is 20.2. The number of hydrogen-bond donors (Lipinski definition) is 0. The Balaban J connectivity index is 1.48. The summed E-state index contributed by atoms with van der Waals surface area (Å²) in [5.74, 6) is 0.988. The maximum absolute atomic E-state index is 9.65. The lowest BCUT2D eigenvalue weighted by atomic mass is 10.1. The van der Waals surface area contributed by atoms with Gasteiger partial charge in [0.2, 0.25) is 0 Å². The molecule has 0 amide bonds. The number of piperazine rings is 1. The minimum Gasteiger partial charge on any atom is -0.366 e. The fraction of sp³-hybridized carbons (Fsp3) is 0.238. The Hall–Kier alpha value is -2.95. The number of hydrogen-bond acceptors (Lipinski definition) is 7. The van der Waals surface area contributed by atoms with Gasteiger partial charge in [-0.1, -0.05) is 11.6 Å². The summed E-state index contributed by atoms with van der Waals surface area (Å²) in [6.07, 6.45) is 3.30. The van der Waals surface area contributed by atoms with E-state index in [9.17, 15) is 5.26 Å². The van der Waals surface area contributed by atoms with Crippen molar-refractivity contribution in [2.24, 2.45) is 0 Å². The summed E-state index contributed by atoms with van der Waals surface area (Å²) < 4.78 is 0. The Bertz CT molecular complexity index is 1270. The van der Waals surface area contributed by atoms with E-state index in [1.807, 2.05) is 18.2 Å². The first kappa shape index (κ1) is 18.1. The van der Waals surface area contributed by atoms with Gasteiger partial charge >= 0.3 is 0 Å². The van der Waals surface area contributed by atoms with Gasteiger partial charge in [0, 0.05) is 47.7 Å². The lowest BCUT2D eigenvalue weighted by Crippen LogP contribution is -2.47. The minimum absolute atomic E-state index is 0.575. The molecule has 29 heavy (non-hydrogen) atoms. The first-order chi connectivity index (χ1) is 14.1. The lowest BCUT2D eigenvalue weighted by molar-refractivity contribution is 0.650. The average molecular weight is 421 g/mol. The predicted octanol–water partition coefficient (Wildman–Crippen LogP) is 4.40. The molecule has 1 fully saturated rings. The molecule has 4 heterocycles. The minimum atomic E-state index is 0.575. The number of thiophene rings is 1. The number of halogens is 1. The molecule has 4 aromatic rings. The van der Waals surface area contributed by atoms with Crippen LogP contribution in [-0.4, -0.2) is 41.1 Å². The number of anilines is 2. The van der Waals surface area contributed by atoms with Gasteiger partial charge in [-0.2, -0.15) is 5.26 Å². The summed E-state index contributed by atoms with van der Waals surface area (Å²) in [5.41, 5.74) is 2.34. The van der Waals surface area contributed by atoms with Crippen LogP contribution in [0.5, 0.6) is 0 Å². The third-order valence-corrected chi connectivity index (χ3v) is 6.44. The second-order valence-corrected chi connectivity index (χ2v) is 8.71. The van der Waals surface area contributed by atoms with E-state index in [4.69, 9.17) is 11.6 Å². The molecule has 5 rings (SSSR count). The number of benzene rings is 1. The van der Waals surface area contributed by atoms with Crippen LogP contribution in [0, 0.1) is 18.3 Å². The van der Waals surface area contributed by atoms with E-state index in [1.54, 1.807) is 23.9 Å². The summed E-state index contributed by atoms with van der Waals surface area (Å²) >= 11 is 7.93. The number of aromatic nitrogens is 3. The number of fused-ring (bicyclic) bond motifs is 2. The molecule has 0 aliphatic carbocycles. The molecular formula is C21H17ClN6S. The highest BCUT2D eigenvalue weighted by molar-refractivity contribution is 7.18. The third kappa shape index (κ3) is 3.15. The fourth-order valence-electron chi connectivity index (χ4n) is 3.93. The molecule has 1 aromatic carbocycles. The normalized spacial score (nSPS) is 14.5. The van der Waals surface area contributed by atoms with Crippen molar-refractivity contribution in [3.05, 3.63) is 52.3 Å². The van der Waals surface area contributed by atoms with E-state index >= 15 is 0 Å². The quantitative estimate of drug-likeness (QED) is 0.478. The van der Waals surface area contributed by atoms with Crippen molar-refractivity contribution in [3.8, 4) is 6.07 Å². The molecular weight excluding hydrogens is 404 g/mol. The van der Waals surface area contributed by atoms with Gasteiger partial charge in [0.15, 0.2) is 0 Å². The highest BCUT2D eigenvalue weighted by Gasteiger charge is 2.24. The average Bonchev–Trinajstić information content (AvgIpc) is 3.13. The molecule has 1 aliphatic heterocycles. The fourth-order valence-corrected chi connectivity index (χ4v) is 4.94. The van der Waals surface area contributed by atoms with Crippen molar-refractivity contribution in [3.63, 3.8) is 0 Å². The molecule has 8 heteroatoms. The van der Waals surface area contributed by atoms with Crippen molar-refractivity contribution in [1.29, 1.82) is 5.26 Å². The molecule has 0 radical (unpaired) electrons. The number of aryl methyl sites for hydroxylation is 1. The maximum atomic E-state index is 9.65. The molecule has 0 unspecified atom stereocenters. The van der Waals surface area contributed by atoms with Crippen LogP contribution in [0.15, 0.2) is 36.8 Å². The Morgan fingerprint density at radius 1 is 1.03 bits per heavy atom. The second-order valence-electron chi connectivity index (χ2n) is 7.04. The molecule has 1 saturated heterocycles. The highest BCUT2D eigenvalue weighted by Crippen LogP contribution is 2.34. The molecule has 6 nitrogen and oxygen atoms in total. The molecule has 0 atom stereocenters. The zero-order valence-corrected chi connectivity index (χ0v) is 17.3. The van der Waals surface area contributed by atoms with E-state index in [0.717, 1.165) is 58.8 Å². The molecule has 0 spiro atoms. The summed E-state index contributed by atoms with van der Waals surface area (Å²) in [6.45, 7) is 5.30. The van der Waals surface area contributed by atoms with Crippen molar-refractivity contribution in [2.75, 3.05) is 36.0 Å². The Labute approximate surface area is 177 Å². The van der Waals surface area contributed by atoms with Crippen LogP contribution >= 0.6 is 22.9 Å². The van der Waals surface area contributed by atoms with Crippen molar-refractivity contribution < 1.29 is 0 Å². The number of pyridine rings is 1. The first-order valence-corrected chi connectivity index (χ1v) is 10.5. The Kier molecular flexibility index (Phi) is 4.46. The molecule has 3 aromatic heterocycles. The van der Waals surface area contributed by atoms with Gasteiger partial charge < -0.3 is 9.80 Å². The van der Waals surface area contributed by atoms with Crippen LogP contribution in [0.1, 0.15) is 10.4 Å². The maximum Gasteiger partial charge on any atom is 0.140 e. The van der Waals surface area contributed by atoms with E-state index in [1.165, 1.54) is 4.88 Å². The van der Waals surface area contributed by atoms with Crippen molar-refractivity contribution in [2.45, 2.75) is 6.92 Å².